The number of amides is 1. The maximum Gasteiger partial charge on any atom is 0.270 e. The van der Waals surface area contributed by atoms with Gasteiger partial charge >= 0.3 is 0 Å². The van der Waals surface area contributed by atoms with Crippen molar-refractivity contribution in [3.05, 3.63) is 59.0 Å². The first-order valence-electron chi connectivity index (χ1n) is 7.18. The van der Waals surface area contributed by atoms with Crippen molar-refractivity contribution in [1.29, 1.82) is 0 Å². The van der Waals surface area contributed by atoms with Crippen LogP contribution in [0.4, 0.5) is 5.69 Å². The fraction of sp³-hybridized carbons (Fsp3) is 0.111. The lowest BCUT2D eigenvalue weighted by Gasteiger charge is -2.15. The van der Waals surface area contributed by atoms with Crippen LogP contribution in [0.2, 0.25) is 0 Å². The van der Waals surface area contributed by atoms with E-state index in [1.807, 2.05) is 60.9 Å². The predicted octanol–water partition coefficient (Wildman–Crippen LogP) is 4.82. The number of hydrogen-bond donors (Lipinski definition) is 0. The summed E-state index contributed by atoms with van der Waals surface area (Å²) in [7, 11) is 1.63. The zero-order valence-electron chi connectivity index (χ0n) is 13.2. The fourth-order valence-corrected chi connectivity index (χ4v) is 4.04. The van der Waals surface area contributed by atoms with Gasteiger partial charge in [0.1, 0.15) is 5.75 Å². The summed E-state index contributed by atoms with van der Waals surface area (Å²) < 4.78 is 5.70. The first-order chi connectivity index (χ1) is 11.6. The third-order valence-electron chi connectivity index (χ3n) is 3.52. The smallest absolute Gasteiger partial charge is 0.270 e. The van der Waals surface area contributed by atoms with Gasteiger partial charge in [0.15, 0.2) is 4.32 Å². The topological polar surface area (TPSA) is 29.5 Å². The van der Waals surface area contributed by atoms with Gasteiger partial charge in [-0.3, -0.25) is 9.69 Å². The van der Waals surface area contributed by atoms with Gasteiger partial charge in [-0.15, -0.1) is 11.8 Å². The number of carbonyl (C=O) groups is 1. The first kappa shape index (κ1) is 17.1. The molecule has 1 amide bonds. The molecule has 1 heterocycles. The number of hydrogen-bond acceptors (Lipinski definition) is 5. The summed E-state index contributed by atoms with van der Waals surface area (Å²) in [5.74, 6) is 0.702. The number of benzene rings is 2. The van der Waals surface area contributed by atoms with Crippen LogP contribution >= 0.6 is 35.7 Å². The summed E-state index contributed by atoms with van der Waals surface area (Å²) in [5, 5.41) is 0. The predicted molar refractivity (Wildman–Crippen MR) is 107 cm³/mol. The average Bonchev–Trinajstić information content (AvgIpc) is 2.89. The maximum atomic E-state index is 12.8. The molecule has 0 aromatic heterocycles. The molecule has 2 aromatic carbocycles. The van der Waals surface area contributed by atoms with Gasteiger partial charge in [-0.05, 0) is 48.2 Å². The Labute approximate surface area is 155 Å². The molecule has 0 atom stereocenters. The van der Waals surface area contributed by atoms with Crippen molar-refractivity contribution in [1.82, 2.24) is 0 Å². The number of methoxy groups -OCH3 is 1. The van der Waals surface area contributed by atoms with Crippen LogP contribution < -0.4 is 9.64 Å². The summed E-state index contributed by atoms with van der Waals surface area (Å²) in [4.78, 5) is 16.1. The highest BCUT2D eigenvalue weighted by molar-refractivity contribution is 8.27. The normalized spacial score (nSPS) is 16.1. The second kappa shape index (κ2) is 7.42. The molecule has 0 spiro atoms. The van der Waals surface area contributed by atoms with Crippen LogP contribution in [-0.4, -0.2) is 23.6 Å². The second-order valence-electron chi connectivity index (χ2n) is 4.99. The largest absolute Gasteiger partial charge is 0.497 e. The Morgan fingerprint density at radius 1 is 1.21 bits per heavy atom. The molecule has 24 heavy (non-hydrogen) atoms. The molecular weight excluding hydrogens is 358 g/mol. The molecule has 2 aromatic rings. The molecule has 3 rings (SSSR count). The minimum absolute atomic E-state index is 0.0842. The second-order valence-corrected chi connectivity index (χ2v) is 7.55. The van der Waals surface area contributed by atoms with E-state index in [9.17, 15) is 4.79 Å². The fourth-order valence-electron chi connectivity index (χ4n) is 2.29. The highest BCUT2D eigenvalue weighted by atomic mass is 32.2. The number of carbonyl (C=O) groups excluding carboxylic acids is 1. The van der Waals surface area contributed by atoms with Crippen LogP contribution in [0.5, 0.6) is 5.75 Å². The van der Waals surface area contributed by atoms with Gasteiger partial charge in [0, 0.05) is 4.90 Å². The lowest BCUT2D eigenvalue weighted by Crippen LogP contribution is -2.27. The van der Waals surface area contributed by atoms with Crippen molar-refractivity contribution >= 4 is 57.7 Å². The van der Waals surface area contributed by atoms with E-state index in [-0.39, 0.29) is 5.91 Å². The molecule has 1 aliphatic heterocycles. The minimum Gasteiger partial charge on any atom is -0.497 e. The number of thiocarbonyl (C=S) groups is 1. The number of thioether (sulfide) groups is 2. The molecule has 0 saturated carbocycles. The van der Waals surface area contributed by atoms with Gasteiger partial charge in [0.2, 0.25) is 0 Å². The van der Waals surface area contributed by atoms with E-state index in [4.69, 9.17) is 17.0 Å². The monoisotopic (exact) mass is 373 g/mol. The Bertz CT molecular complexity index is 815. The van der Waals surface area contributed by atoms with E-state index >= 15 is 0 Å². The van der Waals surface area contributed by atoms with Crippen molar-refractivity contribution in [2.75, 3.05) is 18.3 Å². The van der Waals surface area contributed by atoms with Gasteiger partial charge in [0.05, 0.1) is 17.7 Å². The van der Waals surface area contributed by atoms with E-state index in [0.717, 1.165) is 21.9 Å². The van der Waals surface area contributed by atoms with E-state index in [1.165, 1.54) is 11.8 Å². The van der Waals surface area contributed by atoms with E-state index in [0.29, 0.717) is 9.23 Å². The van der Waals surface area contributed by atoms with E-state index in [2.05, 4.69) is 0 Å². The molecule has 3 nitrogen and oxygen atoms in total. The van der Waals surface area contributed by atoms with Gasteiger partial charge in [-0.1, -0.05) is 42.2 Å². The first-order valence-corrected chi connectivity index (χ1v) is 9.63. The zero-order chi connectivity index (χ0) is 17.1. The molecule has 1 fully saturated rings. The summed E-state index contributed by atoms with van der Waals surface area (Å²) >= 11 is 8.37. The Morgan fingerprint density at radius 2 is 1.96 bits per heavy atom. The highest BCUT2D eigenvalue weighted by Crippen LogP contribution is 2.37. The summed E-state index contributed by atoms with van der Waals surface area (Å²) in [5.41, 5.74) is 1.75. The summed E-state index contributed by atoms with van der Waals surface area (Å²) in [6.07, 6.45) is 3.87. The molecule has 1 saturated heterocycles. The van der Waals surface area contributed by atoms with Gasteiger partial charge in [0.25, 0.3) is 5.91 Å². The molecule has 1 aliphatic rings. The maximum absolute atomic E-state index is 12.8. The molecule has 6 heteroatoms. The lowest BCUT2D eigenvalue weighted by molar-refractivity contribution is -0.113. The van der Waals surface area contributed by atoms with Crippen molar-refractivity contribution < 1.29 is 9.53 Å². The van der Waals surface area contributed by atoms with E-state index < -0.39 is 0 Å². The summed E-state index contributed by atoms with van der Waals surface area (Å²) in [6, 6.07) is 15.4. The molecule has 0 unspecified atom stereocenters. The van der Waals surface area contributed by atoms with Crippen molar-refractivity contribution in [3.63, 3.8) is 0 Å². The van der Waals surface area contributed by atoms with E-state index in [1.54, 1.807) is 23.8 Å². The lowest BCUT2D eigenvalue weighted by atomic mass is 10.2. The third kappa shape index (κ3) is 3.50. The van der Waals surface area contributed by atoms with Gasteiger partial charge in [-0.25, -0.2) is 0 Å². The number of anilines is 1. The van der Waals surface area contributed by atoms with Crippen LogP contribution in [-0.2, 0) is 4.79 Å². The molecule has 0 N–H and O–H groups in total. The molecule has 0 bridgehead atoms. The number of ether oxygens (including phenoxy) is 1. The van der Waals surface area contributed by atoms with Crippen LogP contribution in [0.3, 0.4) is 0 Å². The number of nitrogens with zero attached hydrogens (tertiary/aromatic N) is 1. The third-order valence-corrected chi connectivity index (χ3v) is 5.55. The van der Waals surface area contributed by atoms with Crippen molar-refractivity contribution in [3.8, 4) is 5.75 Å². The van der Waals surface area contributed by atoms with Gasteiger partial charge < -0.3 is 4.74 Å². The Hall–Kier alpha value is -1.76. The Kier molecular flexibility index (Phi) is 5.28. The standard InChI is InChI=1S/C18H15NO2S3/c1-21-14-8-6-12(7-9-14)10-16-17(20)19(18(22)24-16)13-4-3-5-15(11-13)23-2/h3-11H,1-2H3/b16-10+. The highest BCUT2D eigenvalue weighted by Gasteiger charge is 2.33. The molecule has 0 aliphatic carbocycles. The zero-order valence-corrected chi connectivity index (χ0v) is 15.6. The average molecular weight is 374 g/mol. The van der Waals surface area contributed by atoms with Crippen LogP contribution in [0.25, 0.3) is 6.08 Å². The van der Waals surface area contributed by atoms with Crippen molar-refractivity contribution in [2.24, 2.45) is 0 Å². The van der Waals surface area contributed by atoms with Gasteiger partial charge in [-0.2, -0.15) is 0 Å². The minimum atomic E-state index is -0.0842. The molecule has 0 radical (unpaired) electrons. The quantitative estimate of drug-likeness (QED) is 0.435. The molecular formula is C18H15NO2S3. The number of rotatable bonds is 4. The van der Waals surface area contributed by atoms with Crippen molar-refractivity contribution in [2.45, 2.75) is 4.90 Å². The SMILES string of the molecule is COc1ccc(/C=C2/SC(=S)N(c3cccc(SC)c3)C2=O)cc1. The van der Waals surface area contributed by atoms with Crippen LogP contribution in [0.15, 0.2) is 58.3 Å². The Morgan fingerprint density at radius 3 is 2.62 bits per heavy atom. The molecule has 122 valence electrons. The van der Waals surface area contributed by atoms with Crippen LogP contribution in [0, 0.1) is 0 Å². The van der Waals surface area contributed by atoms with Crippen LogP contribution in [0.1, 0.15) is 5.56 Å². The Balaban J connectivity index is 1.89. The summed E-state index contributed by atoms with van der Waals surface area (Å²) in [6.45, 7) is 0.